The Morgan fingerprint density at radius 3 is 2.23 bits per heavy atom. The molecule has 11 heteroatoms. The fourth-order valence-corrected chi connectivity index (χ4v) is 3.39. The van der Waals surface area contributed by atoms with Gasteiger partial charge in [0.15, 0.2) is 0 Å². The number of methoxy groups -OCH3 is 3. The van der Waals surface area contributed by atoms with Crippen LogP contribution in [0.1, 0.15) is 5.56 Å². The third-order valence-electron chi connectivity index (χ3n) is 4.96. The summed E-state index contributed by atoms with van der Waals surface area (Å²) >= 11 is 5.90. The number of benzene rings is 2. The van der Waals surface area contributed by atoms with Crippen molar-refractivity contribution in [1.82, 2.24) is 19.9 Å². The number of hydrogen-bond donors (Lipinski definition) is 2. The van der Waals surface area contributed by atoms with Crippen molar-refractivity contribution in [3.63, 3.8) is 0 Å². The number of aromatic nitrogens is 4. The Morgan fingerprint density at radius 1 is 0.886 bits per heavy atom. The first kappa shape index (κ1) is 24.0. The maximum atomic E-state index is 13.5. The van der Waals surface area contributed by atoms with Gasteiger partial charge in [0.2, 0.25) is 5.95 Å². The van der Waals surface area contributed by atoms with Crippen LogP contribution in [0.25, 0.3) is 11.1 Å². The van der Waals surface area contributed by atoms with E-state index < -0.39 is 5.82 Å². The molecule has 2 aromatic heterocycles. The van der Waals surface area contributed by atoms with Crippen molar-refractivity contribution in [1.29, 1.82) is 0 Å². The normalized spacial score (nSPS) is 10.5. The topological polar surface area (TPSA) is 103 Å². The van der Waals surface area contributed by atoms with Crippen LogP contribution >= 0.6 is 11.6 Å². The van der Waals surface area contributed by atoms with E-state index >= 15 is 0 Å². The SMILES string of the molecule is COc1cc(CNc2nc(Nc3ccc(F)c(Cl)c3)ncc2-c2cnc(OC)nc2)cc(OC)c1. The van der Waals surface area contributed by atoms with Crippen molar-refractivity contribution in [2.45, 2.75) is 6.54 Å². The molecular weight excluding hydrogens is 475 g/mol. The zero-order chi connectivity index (χ0) is 24.8. The van der Waals surface area contributed by atoms with Gasteiger partial charge in [0.1, 0.15) is 23.1 Å². The number of nitrogens with zero attached hydrogens (tertiary/aromatic N) is 4. The van der Waals surface area contributed by atoms with Crippen LogP contribution in [0, 0.1) is 5.82 Å². The lowest BCUT2D eigenvalue weighted by Crippen LogP contribution is -2.07. The quantitative estimate of drug-likeness (QED) is 0.327. The Hall–Kier alpha value is -4.18. The van der Waals surface area contributed by atoms with Crippen LogP contribution in [0.3, 0.4) is 0 Å². The van der Waals surface area contributed by atoms with E-state index in [4.69, 9.17) is 25.8 Å². The molecule has 2 N–H and O–H groups in total. The molecule has 0 bridgehead atoms. The molecule has 9 nitrogen and oxygen atoms in total. The molecule has 0 radical (unpaired) electrons. The van der Waals surface area contributed by atoms with Gasteiger partial charge in [-0.2, -0.15) is 4.98 Å². The Morgan fingerprint density at radius 2 is 1.60 bits per heavy atom. The summed E-state index contributed by atoms with van der Waals surface area (Å²) in [5, 5.41) is 6.36. The molecule has 0 amide bonds. The lowest BCUT2D eigenvalue weighted by Gasteiger charge is -2.14. The van der Waals surface area contributed by atoms with Gasteiger partial charge in [0.25, 0.3) is 0 Å². The molecule has 0 fully saturated rings. The molecule has 2 heterocycles. The second-order valence-corrected chi connectivity index (χ2v) is 7.65. The van der Waals surface area contributed by atoms with Gasteiger partial charge in [-0.3, -0.25) is 0 Å². The van der Waals surface area contributed by atoms with Gasteiger partial charge < -0.3 is 24.8 Å². The molecule has 4 aromatic rings. The molecule has 4 rings (SSSR count). The number of rotatable bonds is 9. The summed E-state index contributed by atoms with van der Waals surface area (Å²) in [7, 11) is 4.69. The molecule has 0 spiro atoms. The molecule has 0 unspecified atom stereocenters. The standard InChI is InChI=1S/C24H22ClFN6O3/c1-33-17-6-14(7-18(9-17)34-2)10-27-22-19(15-11-29-24(35-3)30-12-15)13-28-23(32-22)31-16-4-5-21(26)20(25)8-16/h4-9,11-13H,10H2,1-3H3,(H2,27,28,31,32). The molecule has 0 saturated heterocycles. The Labute approximate surface area is 206 Å². The molecule has 2 aromatic carbocycles. The predicted octanol–water partition coefficient (Wildman–Crippen LogP) is 5.11. The smallest absolute Gasteiger partial charge is 0.316 e. The zero-order valence-electron chi connectivity index (χ0n) is 19.2. The minimum absolute atomic E-state index is 0.00711. The molecule has 0 aliphatic carbocycles. The van der Waals surface area contributed by atoms with E-state index in [0.717, 1.165) is 5.56 Å². The first-order valence-electron chi connectivity index (χ1n) is 10.4. The summed E-state index contributed by atoms with van der Waals surface area (Å²) in [5.74, 6) is 1.64. The number of nitrogens with one attached hydrogen (secondary N) is 2. The summed E-state index contributed by atoms with van der Waals surface area (Å²) in [6, 6.07) is 10.1. The molecule has 35 heavy (non-hydrogen) atoms. The highest BCUT2D eigenvalue weighted by Crippen LogP contribution is 2.29. The number of anilines is 3. The van der Waals surface area contributed by atoms with E-state index in [-0.39, 0.29) is 17.0 Å². The summed E-state index contributed by atoms with van der Waals surface area (Å²) in [5.41, 5.74) is 2.81. The van der Waals surface area contributed by atoms with Crippen molar-refractivity contribution in [3.05, 3.63) is 71.4 Å². The van der Waals surface area contributed by atoms with Gasteiger partial charge in [0.05, 0.1) is 26.4 Å². The average Bonchev–Trinajstić information content (AvgIpc) is 2.89. The van der Waals surface area contributed by atoms with Crippen LogP contribution in [0.2, 0.25) is 5.02 Å². The van der Waals surface area contributed by atoms with Crippen LogP contribution in [0.5, 0.6) is 17.5 Å². The van der Waals surface area contributed by atoms with Crippen LogP contribution in [0.4, 0.5) is 21.8 Å². The van der Waals surface area contributed by atoms with Crippen molar-refractivity contribution < 1.29 is 18.6 Å². The molecule has 180 valence electrons. The van der Waals surface area contributed by atoms with Gasteiger partial charge in [0, 0.05) is 48.0 Å². The average molecular weight is 497 g/mol. The van der Waals surface area contributed by atoms with E-state index in [0.29, 0.717) is 40.7 Å². The van der Waals surface area contributed by atoms with Crippen molar-refractivity contribution in [2.24, 2.45) is 0 Å². The highest BCUT2D eigenvalue weighted by Gasteiger charge is 2.13. The van der Waals surface area contributed by atoms with E-state index in [9.17, 15) is 4.39 Å². The maximum Gasteiger partial charge on any atom is 0.316 e. The van der Waals surface area contributed by atoms with Crippen LogP contribution in [-0.2, 0) is 6.54 Å². The molecule has 0 aliphatic heterocycles. The van der Waals surface area contributed by atoms with E-state index in [2.05, 4.69) is 30.6 Å². The van der Waals surface area contributed by atoms with Crippen molar-refractivity contribution in [2.75, 3.05) is 32.0 Å². The lowest BCUT2D eigenvalue weighted by atomic mass is 10.1. The second-order valence-electron chi connectivity index (χ2n) is 7.24. The summed E-state index contributed by atoms with van der Waals surface area (Å²) in [6.45, 7) is 0.413. The van der Waals surface area contributed by atoms with Gasteiger partial charge in [-0.05, 0) is 35.9 Å². The molecule has 0 atom stereocenters. The van der Waals surface area contributed by atoms with Crippen LogP contribution in [0.15, 0.2) is 55.0 Å². The molecule has 0 saturated carbocycles. The zero-order valence-corrected chi connectivity index (χ0v) is 19.9. The summed E-state index contributed by atoms with van der Waals surface area (Å²) < 4.78 is 29.3. The van der Waals surface area contributed by atoms with Crippen LogP contribution in [-0.4, -0.2) is 41.3 Å². The monoisotopic (exact) mass is 496 g/mol. The van der Waals surface area contributed by atoms with Crippen LogP contribution < -0.4 is 24.8 Å². The number of halogens is 2. The van der Waals surface area contributed by atoms with E-state index in [1.165, 1.54) is 19.2 Å². The Balaban J connectivity index is 1.66. The third-order valence-corrected chi connectivity index (χ3v) is 5.25. The first-order valence-corrected chi connectivity index (χ1v) is 10.8. The predicted molar refractivity (Wildman–Crippen MR) is 131 cm³/mol. The number of ether oxygens (including phenoxy) is 3. The highest BCUT2D eigenvalue weighted by molar-refractivity contribution is 6.31. The largest absolute Gasteiger partial charge is 0.497 e. The Bertz CT molecular complexity index is 1300. The third kappa shape index (κ3) is 5.85. The molecular formula is C24H22ClFN6O3. The summed E-state index contributed by atoms with van der Waals surface area (Å²) in [4.78, 5) is 17.4. The number of hydrogen-bond acceptors (Lipinski definition) is 9. The van der Waals surface area contributed by atoms with Gasteiger partial charge >= 0.3 is 6.01 Å². The second kappa shape index (κ2) is 10.8. The van der Waals surface area contributed by atoms with Crippen molar-refractivity contribution in [3.8, 4) is 28.6 Å². The Kier molecular flexibility index (Phi) is 7.41. The summed E-state index contributed by atoms with van der Waals surface area (Å²) in [6.07, 6.45) is 4.88. The fourth-order valence-electron chi connectivity index (χ4n) is 3.21. The highest BCUT2D eigenvalue weighted by atomic mass is 35.5. The minimum atomic E-state index is -0.510. The van der Waals surface area contributed by atoms with Crippen molar-refractivity contribution >= 4 is 29.1 Å². The lowest BCUT2D eigenvalue weighted by molar-refractivity contribution is 0.380. The van der Waals surface area contributed by atoms with E-state index in [1.807, 2.05) is 12.1 Å². The first-order chi connectivity index (χ1) is 17.0. The maximum absolute atomic E-state index is 13.5. The molecule has 0 aliphatic rings. The minimum Gasteiger partial charge on any atom is -0.497 e. The van der Waals surface area contributed by atoms with Gasteiger partial charge in [-0.1, -0.05) is 11.6 Å². The van der Waals surface area contributed by atoms with Gasteiger partial charge in [-0.15, -0.1) is 0 Å². The van der Waals surface area contributed by atoms with Gasteiger partial charge in [-0.25, -0.2) is 19.3 Å². The fraction of sp³-hybridized carbons (Fsp3) is 0.167. The van der Waals surface area contributed by atoms with E-state index in [1.54, 1.807) is 44.9 Å².